The monoisotopic (exact) mass is 289 g/mol. The zero-order valence-electron chi connectivity index (χ0n) is 12.7. The van der Waals surface area contributed by atoms with E-state index in [1.165, 1.54) is 6.42 Å². The second-order valence-electron chi connectivity index (χ2n) is 5.99. The number of amides is 1. The molecule has 0 spiro atoms. The van der Waals surface area contributed by atoms with E-state index in [4.69, 9.17) is 4.74 Å². The number of likely N-dealkylation sites (tertiary alicyclic amines) is 1. The number of para-hydroxylation sites is 1. The van der Waals surface area contributed by atoms with Crippen LogP contribution in [-0.4, -0.2) is 56.0 Å². The molecule has 1 aromatic rings. The summed E-state index contributed by atoms with van der Waals surface area (Å²) in [7, 11) is 3.81. The number of ether oxygens (including phenoxy) is 1. The lowest BCUT2D eigenvalue weighted by atomic mass is 10.1. The van der Waals surface area contributed by atoms with Crippen LogP contribution < -0.4 is 10.1 Å². The highest BCUT2D eigenvalue weighted by Gasteiger charge is 2.35. The van der Waals surface area contributed by atoms with Gasteiger partial charge in [-0.2, -0.15) is 0 Å². The molecule has 1 aromatic carbocycles. The molecule has 2 saturated heterocycles. The molecule has 0 radical (unpaired) electrons. The zero-order valence-corrected chi connectivity index (χ0v) is 12.7. The van der Waals surface area contributed by atoms with Crippen molar-refractivity contribution in [3.63, 3.8) is 0 Å². The third-order valence-corrected chi connectivity index (χ3v) is 4.46. The highest BCUT2D eigenvalue weighted by atomic mass is 16.5. The van der Waals surface area contributed by atoms with Gasteiger partial charge in [0.1, 0.15) is 11.9 Å². The quantitative estimate of drug-likeness (QED) is 0.901. The van der Waals surface area contributed by atoms with Crippen molar-refractivity contribution >= 4 is 5.91 Å². The Morgan fingerprint density at radius 1 is 1.38 bits per heavy atom. The summed E-state index contributed by atoms with van der Waals surface area (Å²) in [4.78, 5) is 16.5. The van der Waals surface area contributed by atoms with Gasteiger partial charge in [0.15, 0.2) is 0 Å². The van der Waals surface area contributed by atoms with Crippen molar-refractivity contribution in [3.05, 3.63) is 29.8 Å². The van der Waals surface area contributed by atoms with Crippen LogP contribution in [0.25, 0.3) is 0 Å². The SMILES string of the molecule is COc1ccccc1C1NCC(=O)N1CC1CCN(C)C1. The Morgan fingerprint density at radius 2 is 2.19 bits per heavy atom. The number of nitrogens with zero attached hydrogens (tertiary/aromatic N) is 2. The number of benzene rings is 1. The Bertz CT molecular complexity index is 520. The van der Waals surface area contributed by atoms with Crippen molar-refractivity contribution in [1.29, 1.82) is 0 Å². The van der Waals surface area contributed by atoms with Crippen LogP contribution in [0.2, 0.25) is 0 Å². The lowest BCUT2D eigenvalue weighted by molar-refractivity contribution is -0.128. The highest BCUT2D eigenvalue weighted by molar-refractivity contribution is 5.81. The van der Waals surface area contributed by atoms with E-state index in [-0.39, 0.29) is 12.1 Å². The van der Waals surface area contributed by atoms with Crippen LogP contribution in [0.15, 0.2) is 24.3 Å². The van der Waals surface area contributed by atoms with E-state index in [0.717, 1.165) is 30.9 Å². The maximum Gasteiger partial charge on any atom is 0.238 e. The van der Waals surface area contributed by atoms with E-state index in [1.54, 1.807) is 7.11 Å². The smallest absolute Gasteiger partial charge is 0.238 e. The summed E-state index contributed by atoms with van der Waals surface area (Å²) in [6, 6.07) is 7.92. The van der Waals surface area contributed by atoms with Gasteiger partial charge in [-0.1, -0.05) is 18.2 Å². The summed E-state index contributed by atoms with van der Waals surface area (Å²) in [6.45, 7) is 3.42. The molecule has 2 heterocycles. The Balaban J connectivity index is 1.79. The first kappa shape index (κ1) is 14.4. The lowest BCUT2D eigenvalue weighted by Crippen LogP contribution is -2.35. The first-order chi connectivity index (χ1) is 10.2. The van der Waals surface area contributed by atoms with Crippen LogP contribution in [0.3, 0.4) is 0 Å². The van der Waals surface area contributed by atoms with E-state index in [1.807, 2.05) is 29.2 Å². The van der Waals surface area contributed by atoms with Crippen LogP contribution in [0.4, 0.5) is 0 Å². The normalized spacial score (nSPS) is 26.6. The largest absolute Gasteiger partial charge is 0.496 e. The van der Waals surface area contributed by atoms with Gasteiger partial charge in [-0.3, -0.25) is 10.1 Å². The Kier molecular flexibility index (Phi) is 4.12. The van der Waals surface area contributed by atoms with Crippen molar-refractivity contribution in [2.24, 2.45) is 5.92 Å². The van der Waals surface area contributed by atoms with Gasteiger partial charge in [0, 0.05) is 18.7 Å². The average Bonchev–Trinajstić information content (AvgIpc) is 3.06. The maximum absolute atomic E-state index is 12.2. The van der Waals surface area contributed by atoms with Gasteiger partial charge >= 0.3 is 0 Å². The molecular formula is C16H23N3O2. The van der Waals surface area contributed by atoms with Crippen molar-refractivity contribution in [1.82, 2.24) is 15.1 Å². The van der Waals surface area contributed by atoms with E-state index < -0.39 is 0 Å². The van der Waals surface area contributed by atoms with Crippen LogP contribution in [0, 0.1) is 5.92 Å². The Morgan fingerprint density at radius 3 is 2.90 bits per heavy atom. The molecule has 0 aromatic heterocycles. The number of carbonyl (C=O) groups is 1. The van der Waals surface area contributed by atoms with Gasteiger partial charge in [0.05, 0.1) is 13.7 Å². The molecule has 114 valence electrons. The first-order valence-electron chi connectivity index (χ1n) is 7.53. The van der Waals surface area contributed by atoms with E-state index in [0.29, 0.717) is 12.5 Å². The van der Waals surface area contributed by atoms with E-state index in [9.17, 15) is 4.79 Å². The number of hydrogen-bond acceptors (Lipinski definition) is 4. The second-order valence-corrected chi connectivity index (χ2v) is 5.99. The molecule has 3 rings (SSSR count). The molecule has 21 heavy (non-hydrogen) atoms. The third-order valence-electron chi connectivity index (χ3n) is 4.46. The zero-order chi connectivity index (χ0) is 14.8. The first-order valence-corrected chi connectivity index (χ1v) is 7.53. The molecule has 2 aliphatic heterocycles. The molecule has 2 unspecified atom stereocenters. The lowest BCUT2D eigenvalue weighted by Gasteiger charge is -2.28. The van der Waals surface area contributed by atoms with Gasteiger partial charge < -0.3 is 14.5 Å². The number of rotatable bonds is 4. The molecule has 1 N–H and O–H groups in total. The summed E-state index contributed by atoms with van der Waals surface area (Å²) < 4.78 is 5.44. The molecule has 0 bridgehead atoms. The molecule has 1 amide bonds. The summed E-state index contributed by atoms with van der Waals surface area (Å²) in [5, 5.41) is 3.32. The fourth-order valence-electron chi connectivity index (χ4n) is 3.37. The number of carbonyl (C=O) groups excluding carboxylic acids is 1. The number of methoxy groups -OCH3 is 1. The molecule has 2 aliphatic rings. The average molecular weight is 289 g/mol. The van der Waals surface area contributed by atoms with E-state index >= 15 is 0 Å². The Hall–Kier alpha value is -1.59. The Labute approximate surface area is 125 Å². The molecule has 2 fully saturated rings. The van der Waals surface area contributed by atoms with Gasteiger partial charge in [-0.05, 0) is 32.0 Å². The minimum absolute atomic E-state index is 0.0699. The topological polar surface area (TPSA) is 44.8 Å². The van der Waals surface area contributed by atoms with Crippen LogP contribution in [-0.2, 0) is 4.79 Å². The van der Waals surface area contributed by atoms with Crippen LogP contribution in [0.1, 0.15) is 18.2 Å². The van der Waals surface area contributed by atoms with Gasteiger partial charge in [-0.25, -0.2) is 0 Å². The molecule has 0 aliphatic carbocycles. The molecule has 2 atom stereocenters. The minimum atomic E-state index is -0.0699. The van der Waals surface area contributed by atoms with Gasteiger partial charge in [0.2, 0.25) is 5.91 Å². The minimum Gasteiger partial charge on any atom is -0.496 e. The van der Waals surface area contributed by atoms with Crippen molar-refractivity contribution in [3.8, 4) is 5.75 Å². The fraction of sp³-hybridized carbons (Fsp3) is 0.562. The predicted octanol–water partition coefficient (Wildman–Crippen LogP) is 1.08. The second kappa shape index (κ2) is 6.03. The summed E-state index contributed by atoms with van der Waals surface area (Å²) in [5.41, 5.74) is 1.04. The summed E-state index contributed by atoms with van der Waals surface area (Å²) in [5.74, 6) is 1.58. The molecule has 5 nitrogen and oxygen atoms in total. The third kappa shape index (κ3) is 2.89. The summed E-state index contributed by atoms with van der Waals surface area (Å²) in [6.07, 6.45) is 1.10. The maximum atomic E-state index is 12.2. The molecule has 5 heteroatoms. The van der Waals surface area contributed by atoms with Crippen molar-refractivity contribution < 1.29 is 9.53 Å². The standard InChI is InChI=1S/C16H23N3O2/c1-18-8-7-12(10-18)11-19-15(20)9-17-16(19)13-5-3-4-6-14(13)21-2/h3-6,12,16-17H,7-11H2,1-2H3. The predicted molar refractivity (Wildman–Crippen MR) is 81.1 cm³/mol. The van der Waals surface area contributed by atoms with Crippen molar-refractivity contribution in [2.45, 2.75) is 12.6 Å². The van der Waals surface area contributed by atoms with Gasteiger partial charge in [-0.15, -0.1) is 0 Å². The number of nitrogens with one attached hydrogen (secondary N) is 1. The van der Waals surface area contributed by atoms with E-state index in [2.05, 4.69) is 17.3 Å². The highest BCUT2D eigenvalue weighted by Crippen LogP contribution is 2.31. The summed E-state index contributed by atoms with van der Waals surface area (Å²) >= 11 is 0. The number of hydrogen-bond donors (Lipinski definition) is 1. The van der Waals surface area contributed by atoms with Gasteiger partial charge in [0.25, 0.3) is 0 Å². The van der Waals surface area contributed by atoms with Crippen molar-refractivity contribution in [2.75, 3.05) is 40.3 Å². The fourth-order valence-corrected chi connectivity index (χ4v) is 3.37. The van der Waals surface area contributed by atoms with Crippen LogP contribution >= 0.6 is 0 Å². The molecular weight excluding hydrogens is 266 g/mol. The van der Waals surface area contributed by atoms with Crippen LogP contribution in [0.5, 0.6) is 5.75 Å². The molecule has 0 saturated carbocycles.